The maximum atomic E-state index is 12.9. The second-order valence-electron chi connectivity index (χ2n) is 7.49. The summed E-state index contributed by atoms with van der Waals surface area (Å²) in [5.74, 6) is -0.535. The number of hydrogen-bond acceptors (Lipinski definition) is 6. The van der Waals surface area contributed by atoms with Crippen LogP contribution in [0.4, 0.5) is 10.5 Å². The predicted octanol–water partition coefficient (Wildman–Crippen LogP) is 2.11. The number of fused-ring (bicyclic) bond motifs is 1. The van der Waals surface area contributed by atoms with E-state index in [0.29, 0.717) is 21.7 Å². The van der Waals surface area contributed by atoms with Crippen molar-refractivity contribution in [3.63, 3.8) is 0 Å². The number of aromatic amines is 1. The zero-order valence-electron chi connectivity index (χ0n) is 17.3. The van der Waals surface area contributed by atoms with Gasteiger partial charge in [-0.1, -0.05) is 17.7 Å². The van der Waals surface area contributed by atoms with Gasteiger partial charge in [0.1, 0.15) is 23.1 Å². The molecule has 0 radical (unpaired) electrons. The number of amides is 4. The van der Waals surface area contributed by atoms with E-state index in [2.05, 4.69) is 9.97 Å². The van der Waals surface area contributed by atoms with Gasteiger partial charge >= 0.3 is 6.03 Å². The molecule has 9 nitrogen and oxygen atoms in total. The SMILES string of the molecule is Cc1ccc(N2C(=O)N(CC(=O)N(C)Cc3nc4ccsc4c(=O)[nH]3)C(=O)C2C)cc1. The van der Waals surface area contributed by atoms with Gasteiger partial charge in [-0.2, -0.15) is 0 Å². The molecule has 1 atom stereocenters. The number of aryl methyl sites for hydroxylation is 1. The second-order valence-corrected chi connectivity index (χ2v) is 8.40. The highest BCUT2D eigenvalue weighted by atomic mass is 32.1. The zero-order chi connectivity index (χ0) is 22.3. The molecule has 1 aliphatic heterocycles. The van der Waals surface area contributed by atoms with Gasteiger partial charge < -0.3 is 9.88 Å². The Hall–Kier alpha value is -3.53. The van der Waals surface area contributed by atoms with E-state index < -0.39 is 23.9 Å². The number of nitrogens with one attached hydrogen (secondary N) is 1. The summed E-state index contributed by atoms with van der Waals surface area (Å²) in [6, 6.07) is 7.78. The molecule has 0 bridgehead atoms. The lowest BCUT2D eigenvalue weighted by Gasteiger charge is -2.21. The Labute approximate surface area is 181 Å². The van der Waals surface area contributed by atoms with E-state index in [9.17, 15) is 19.2 Å². The van der Waals surface area contributed by atoms with Crippen LogP contribution in [0.1, 0.15) is 18.3 Å². The standard InChI is InChI=1S/C21H21N5O4S/c1-12-4-6-14(7-5-12)26-13(2)20(29)25(21(26)30)11-17(27)24(3)10-16-22-15-8-9-31-18(15)19(28)23-16/h4-9,13H,10-11H2,1-3H3,(H,22,23,28). The van der Waals surface area contributed by atoms with Gasteiger partial charge in [-0.15, -0.1) is 11.3 Å². The van der Waals surface area contributed by atoms with Crippen molar-refractivity contribution >= 4 is 45.1 Å². The average molecular weight is 439 g/mol. The Morgan fingerprint density at radius 1 is 1.19 bits per heavy atom. The van der Waals surface area contributed by atoms with Gasteiger partial charge in [0.05, 0.1) is 12.1 Å². The highest BCUT2D eigenvalue weighted by Gasteiger charge is 2.44. The Kier molecular flexibility index (Phi) is 5.32. The van der Waals surface area contributed by atoms with Crippen LogP contribution < -0.4 is 10.5 Å². The molecule has 160 valence electrons. The van der Waals surface area contributed by atoms with Crippen molar-refractivity contribution < 1.29 is 14.4 Å². The molecular weight excluding hydrogens is 418 g/mol. The summed E-state index contributed by atoms with van der Waals surface area (Å²) >= 11 is 1.30. The fourth-order valence-electron chi connectivity index (χ4n) is 3.48. The quantitative estimate of drug-likeness (QED) is 0.613. The summed E-state index contributed by atoms with van der Waals surface area (Å²) in [6.45, 7) is 3.24. The predicted molar refractivity (Wildman–Crippen MR) is 117 cm³/mol. The van der Waals surface area contributed by atoms with Crippen molar-refractivity contribution in [2.75, 3.05) is 18.5 Å². The van der Waals surface area contributed by atoms with E-state index >= 15 is 0 Å². The van der Waals surface area contributed by atoms with Gasteiger partial charge in [0.15, 0.2) is 0 Å². The van der Waals surface area contributed by atoms with Gasteiger partial charge in [0, 0.05) is 12.7 Å². The molecule has 1 N–H and O–H groups in total. The van der Waals surface area contributed by atoms with E-state index in [-0.39, 0.29) is 18.6 Å². The maximum absolute atomic E-state index is 12.9. The molecule has 1 fully saturated rings. The number of urea groups is 1. The summed E-state index contributed by atoms with van der Waals surface area (Å²) in [4.78, 5) is 61.1. The highest BCUT2D eigenvalue weighted by Crippen LogP contribution is 2.26. The van der Waals surface area contributed by atoms with Gasteiger partial charge in [-0.3, -0.25) is 24.2 Å². The third kappa shape index (κ3) is 3.81. The fraction of sp³-hybridized carbons (Fsp3) is 0.286. The summed E-state index contributed by atoms with van der Waals surface area (Å²) < 4.78 is 0.524. The van der Waals surface area contributed by atoms with Crippen molar-refractivity contribution in [2.24, 2.45) is 0 Å². The van der Waals surface area contributed by atoms with Crippen molar-refractivity contribution in [2.45, 2.75) is 26.4 Å². The molecule has 3 aromatic rings. The number of rotatable bonds is 5. The molecule has 1 unspecified atom stereocenters. The number of likely N-dealkylation sites (N-methyl/N-ethyl adjacent to an activating group) is 1. The van der Waals surface area contributed by atoms with Gasteiger partial charge in [-0.25, -0.2) is 9.78 Å². The van der Waals surface area contributed by atoms with Crippen molar-refractivity contribution in [3.05, 3.63) is 57.5 Å². The summed E-state index contributed by atoms with van der Waals surface area (Å²) in [5.41, 5.74) is 1.95. The minimum atomic E-state index is -0.702. The first kappa shape index (κ1) is 20.7. The number of imide groups is 1. The molecule has 1 saturated heterocycles. The molecular formula is C21H21N5O4S. The lowest BCUT2D eigenvalue weighted by Crippen LogP contribution is -2.42. The van der Waals surface area contributed by atoms with E-state index in [1.165, 1.54) is 28.2 Å². The molecule has 3 heterocycles. The summed E-state index contributed by atoms with van der Waals surface area (Å²) in [6.07, 6.45) is 0. The molecule has 0 saturated carbocycles. The Morgan fingerprint density at radius 3 is 2.61 bits per heavy atom. The van der Waals surface area contributed by atoms with Crippen LogP contribution in [-0.4, -0.2) is 57.2 Å². The van der Waals surface area contributed by atoms with E-state index in [1.54, 1.807) is 30.5 Å². The average Bonchev–Trinajstić information content (AvgIpc) is 3.28. The van der Waals surface area contributed by atoms with E-state index in [0.717, 1.165) is 10.5 Å². The molecule has 0 aliphatic carbocycles. The van der Waals surface area contributed by atoms with Crippen molar-refractivity contribution in [3.8, 4) is 0 Å². The van der Waals surface area contributed by atoms with Crippen LogP contribution in [0, 0.1) is 6.92 Å². The van der Waals surface area contributed by atoms with Gasteiger partial charge in [0.2, 0.25) is 5.91 Å². The van der Waals surface area contributed by atoms with Crippen LogP contribution in [0.5, 0.6) is 0 Å². The minimum Gasteiger partial charge on any atom is -0.337 e. The third-order valence-electron chi connectivity index (χ3n) is 5.23. The monoisotopic (exact) mass is 439 g/mol. The largest absolute Gasteiger partial charge is 0.337 e. The van der Waals surface area contributed by atoms with Crippen LogP contribution in [0.25, 0.3) is 10.2 Å². The van der Waals surface area contributed by atoms with Crippen LogP contribution in [0.15, 0.2) is 40.5 Å². The molecule has 1 aromatic carbocycles. The number of H-pyrrole nitrogens is 1. The number of hydrogen-bond donors (Lipinski definition) is 1. The first-order valence-electron chi connectivity index (χ1n) is 9.68. The molecule has 31 heavy (non-hydrogen) atoms. The number of benzene rings is 1. The smallest absolute Gasteiger partial charge is 0.332 e. The zero-order valence-corrected chi connectivity index (χ0v) is 18.1. The lowest BCUT2D eigenvalue weighted by atomic mass is 10.2. The first-order chi connectivity index (χ1) is 14.8. The number of carbonyl (C=O) groups is 3. The van der Waals surface area contributed by atoms with Crippen molar-refractivity contribution in [1.82, 2.24) is 19.8 Å². The van der Waals surface area contributed by atoms with Crippen LogP contribution in [0.2, 0.25) is 0 Å². The molecule has 2 aromatic heterocycles. The van der Waals surface area contributed by atoms with Crippen LogP contribution >= 0.6 is 11.3 Å². The molecule has 4 rings (SSSR count). The Balaban J connectivity index is 1.47. The lowest BCUT2D eigenvalue weighted by molar-refractivity contribution is -0.136. The topological polar surface area (TPSA) is 107 Å². The number of nitrogens with zero attached hydrogens (tertiary/aromatic N) is 4. The van der Waals surface area contributed by atoms with E-state index in [4.69, 9.17) is 0 Å². The van der Waals surface area contributed by atoms with Gasteiger partial charge in [0.25, 0.3) is 11.5 Å². The fourth-order valence-corrected chi connectivity index (χ4v) is 4.20. The Bertz CT molecular complexity index is 1230. The van der Waals surface area contributed by atoms with Crippen LogP contribution in [-0.2, 0) is 16.1 Å². The highest BCUT2D eigenvalue weighted by molar-refractivity contribution is 7.17. The normalized spacial score (nSPS) is 16.4. The molecule has 4 amide bonds. The molecule has 0 spiro atoms. The number of anilines is 1. The molecule has 1 aliphatic rings. The molecule has 10 heteroatoms. The summed E-state index contributed by atoms with van der Waals surface area (Å²) in [7, 11) is 1.53. The first-order valence-corrected chi connectivity index (χ1v) is 10.6. The third-order valence-corrected chi connectivity index (χ3v) is 6.13. The Morgan fingerprint density at radius 2 is 1.90 bits per heavy atom. The number of carbonyl (C=O) groups excluding carboxylic acids is 3. The maximum Gasteiger partial charge on any atom is 0.332 e. The second kappa shape index (κ2) is 7.95. The number of aromatic nitrogens is 2. The van der Waals surface area contributed by atoms with E-state index in [1.807, 2.05) is 19.1 Å². The van der Waals surface area contributed by atoms with Crippen molar-refractivity contribution in [1.29, 1.82) is 0 Å². The summed E-state index contributed by atoms with van der Waals surface area (Å²) in [5, 5.41) is 1.77. The van der Waals surface area contributed by atoms with Crippen LogP contribution in [0.3, 0.4) is 0 Å². The number of thiophene rings is 1. The minimum absolute atomic E-state index is 0.0489. The van der Waals surface area contributed by atoms with Gasteiger partial charge in [-0.05, 0) is 37.4 Å².